The summed E-state index contributed by atoms with van der Waals surface area (Å²) < 4.78 is 6.02. The third-order valence-corrected chi connectivity index (χ3v) is 2.37. The van der Waals surface area contributed by atoms with E-state index in [4.69, 9.17) is 4.74 Å². The summed E-state index contributed by atoms with van der Waals surface area (Å²) in [6, 6.07) is 7.70. The maximum absolute atomic E-state index is 10.2. The Morgan fingerprint density at radius 1 is 1.20 bits per heavy atom. The van der Waals surface area contributed by atoms with Gasteiger partial charge in [0.25, 0.3) is 0 Å². The Hall–Kier alpha value is -0.830. The Bertz CT molecular complexity index is 274. The Morgan fingerprint density at radius 3 is 1.93 bits per heavy atom. The fourth-order valence-corrected chi connectivity index (χ4v) is 1.09. The minimum atomic E-state index is 0.343. The molecule has 0 amide bonds. The molecule has 3 heteroatoms. The minimum Gasteiger partial charge on any atom is -0.497 e. The van der Waals surface area contributed by atoms with Crippen LogP contribution in [-0.2, 0) is 4.79 Å². The number of Topliss-reactive ketones (excluding diaryl/α,β-unsaturated/α-hetero) is 1. The van der Waals surface area contributed by atoms with E-state index in [0.717, 1.165) is 10.2 Å². The first kappa shape index (κ1) is 14.2. The lowest BCUT2D eigenvalue weighted by molar-refractivity contribution is -0.118. The lowest BCUT2D eigenvalue weighted by Gasteiger charge is -1.96. The number of methoxy groups -OCH3 is 1. The number of benzene rings is 1. The summed E-state index contributed by atoms with van der Waals surface area (Å²) in [5.74, 6) is 1.23. The van der Waals surface area contributed by atoms with Crippen molar-refractivity contribution >= 4 is 21.7 Å². The summed E-state index contributed by atoms with van der Waals surface area (Å²) in [5, 5.41) is 0. The summed E-state index contributed by atoms with van der Waals surface area (Å²) in [5.41, 5.74) is 0. The van der Waals surface area contributed by atoms with E-state index >= 15 is 0 Å². The Labute approximate surface area is 99.8 Å². The van der Waals surface area contributed by atoms with Gasteiger partial charge < -0.3 is 4.74 Å². The van der Waals surface area contributed by atoms with Crippen LogP contribution in [0.1, 0.15) is 26.7 Å². The van der Waals surface area contributed by atoms with Gasteiger partial charge in [-0.3, -0.25) is 4.79 Å². The molecule has 0 aromatic heterocycles. The molecule has 0 fully saturated rings. The highest BCUT2D eigenvalue weighted by Gasteiger charge is 1.87. The quantitative estimate of drug-likeness (QED) is 0.836. The van der Waals surface area contributed by atoms with Crippen LogP contribution in [0.15, 0.2) is 28.7 Å². The van der Waals surface area contributed by atoms with Crippen LogP contribution in [0.2, 0.25) is 0 Å². The van der Waals surface area contributed by atoms with Crippen LogP contribution >= 0.6 is 15.9 Å². The third kappa shape index (κ3) is 7.14. The largest absolute Gasteiger partial charge is 0.497 e. The Balaban J connectivity index is 0.000000288. The second kappa shape index (κ2) is 8.48. The average molecular weight is 273 g/mol. The number of halogens is 1. The van der Waals surface area contributed by atoms with Crippen LogP contribution in [0, 0.1) is 0 Å². The van der Waals surface area contributed by atoms with Crippen LogP contribution in [0.3, 0.4) is 0 Å². The smallest absolute Gasteiger partial charge is 0.132 e. The molecular weight excluding hydrogens is 256 g/mol. The zero-order valence-electron chi connectivity index (χ0n) is 9.42. The molecule has 1 aromatic carbocycles. The predicted molar refractivity (Wildman–Crippen MR) is 66.3 cm³/mol. The first-order valence-electron chi connectivity index (χ1n) is 4.95. The van der Waals surface area contributed by atoms with Crippen molar-refractivity contribution in [1.82, 2.24) is 0 Å². The number of ether oxygens (including phenoxy) is 1. The van der Waals surface area contributed by atoms with Gasteiger partial charge >= 0.3 is 0 Å². The van der Waals surface area contributed by atoms with Crippen molar-refractivity contribution in [3.8, 4) is 5.75 Å². The minimum absolute atomic E-state index is 0.343. The van der Waals surface area contributed by atoms with Crippen LogP contribution in [0.4, 0.5) is 0 Å². The van der Waals surface area contributed by atoms with E-state index in [0.29, 0.717) is 18.6 Å². The molecule has 84 valence electrons. The fourth-order valence-electron chi connectivity index (χ4n) is 0.821. The average Bonchev–Trinajstić information content (AvgIpc) is 2.30. The van der Waals surface area contributed by atoms with Crippen molar-refractivity contribution < 1.29 is 9.53 Å². The lowest BCUT2D eigenvalue weighted by atomic mass is 10.3. The van der Waals surface area contributed by atoms with Gasteiger partial charge in [0, 0.05) is 17.3 Å². The van der Waals surface area contributed by atoms with Crippen LogP contribution < -0.4 is 4.74 Å². The van der Waals surface area contributed by atoms with Crippen molar-refractivity contribution in [2.75, 3.05) is 7.11 Å². The zero-order valence-corrected chi connectivity index (χ0v) is 11.0. The molecule has 0 saturated heterocycles. The first-order chi connectivity index (χ1) is 7.13. The van der Waals surface area contributed by atoms with E-state index in [2.05, 4.69) is 15.9 Å². The summed E-state index contributed by atoms with van der Waals surface area (Å²) in [6.45, 7) is 3.76. The molecular formula is C12H17BrO2. The van der Waals surface area contributed by atoms with Gasteiger partial charge in [0.05, 0.1) is 7.11 Å². The third-order valence-electron chi connectivity index (χ3n) is 1.84. The molecule has 0 aliphatic heterocycles. The first-order valence-corrected chi connectivity index (χ1v) is 5.74. The van der Waals surface area contributed by atoms with E-state index < -0.39 is 0 Å². The molecule has 2 nitrogen and oxygen atoms in total. The van der Waals surface area contributed by atoms with Crippen molar-refractivity contribution in [2.45, 2.75) is 26.7 Å². The van der Waals surface area contributed by atoms with E-state index in [1.807, 2.05) is 38.1 Å². The molecule has 0 radical (unpaired) electrons. The van der Waals surface area contributed by atoms with Crippen molar-refractivity contribution in [2.24, 2.45) is 0 Å². The van der Waals surface area contributed by atoms with Gasteiger partial charge in [0.15, 0.2) is 0 Å². The maximum Gasteiger partial charge on any atom is 0.132 e. The lowest BCUT2D eigenvalue weighted by Crippen LogP contribution is -1.88. The maximum atomic E-state index is 10.2. The molecule has 0 heterocycles. The molecule has 0 aliphatic carbocycles. The summed E-state index contributed by atoms with van der Waals surface area (Å²) in [6.07, 6.45) is 1.38. The second-order valence-electron chi connectivity index (χ2n) is 2.90. The van der Waals surface area contributed by atoms with Crippen LogP contribution in [-0.4, -0.2) is 12.9 Å². The predicted octanol–water partition coefficient (Wildman–Crippen LogP) is 3.83. The summed E-state index contributed by atoms with van der Waals surface area (Å²) >= 11 is 3.32. The molecule has 1 rings (SSSR count). The fraction of sp³-hybridized carbons (Fsp3) is 0.417. The number of hydrogen-bond donors (Lipinski definition) is 0. The standard InChI is InChI=1S/C7H7BrO.C5H10O/c1-9-7-4-2-6(8)3-5-7;1-3-5(6)4-2/h2-5H,1H3;3-4H2,1-2H3. The van der Waals surface area contributed by atoms with E-state index in [-0.39, 0.29) is 0 Å². The van der Waals surface area contributed by atoms with E-state index in [1.54, 1.807) is 7.11 Å². The van der Waals surface area contributed by atoms with Gasteiger partial charge in [0.1, 0.15) is 11.5 Å². The van der Waals surface area contributed by atoms with Crippen LogP contribution in [0.25, 0.3) is 0 Å². The van der Waals surface area contributed by atoms with Crippen molar-refractivity contribution in [1.29, 1.82) is 0 Å². The van der Waals surface area contributed by atoms with Crippen molar-refractivity contribution in [3.63, 3.8) is 0 Å². The van der Waals surface area contributed by atoms with Gasteiger partial charge in [0.2, 0.25) is 0 Å². The highest BCUT2D eigenvalue weighted by atomic mass is 79.9. The molecule has 15 heavy (non-hydrogen) atoms. The second-order valence-corrected chi connectivity index (χ2v) is 3.82. The molecule has 0 spiro atoms. The van der Waals surface area contributed by atoms with E-state index in [1.165, 1.54) is 0 Å². The number of hydrogen-bond acceptors (Lipinski definition) is 2. The van der Waals surface area contributed by atoms with E-state index in [9.17, 15) is 4.79 Å². The Morgan fingerprint density at radius 2 is 1.67 bits per heavy atom. The monoisotopic (exact) mass is 272 g/mol. The SMILES string of the molecule is CCC(=O)CC.COc1ccc(Br)cc1. The molecule has 0 N–H and O–H groups in total. The zero-order chi connectivity index (χ0) is 11.7. The number of ketones is 1. The summed E-state index contributed by atoms with van der Waals surface area (Å²) in [4.78, 5) is 10.2. The topological polar surface area (TPSA) is 26.3 Å². The molecule has 1 aromatic rings. The summed E-state index contributed by atoms with van der Waals surface area (Å²) in [7, 11) is 1.66. The molecule has 0 bridgehead atoms. The molecule has 0 unspecified atom stereocenters. The van der Waals surface area contributed by atoms with Gasteiger partial charge in [-0.2, -0.15) is 0 Å². The number of carbonyl (C=O) groups excluding carboxylic acids is 1. The van der Waals surface area contributed by atoms with Gasteiger partial charge in [-0.05, 0) is 24.3 Å². The van der Waals surface area contributed by atoms with Gasteiger partial charge in [-0.1, -0.05) is 29.8 Å². The van der Waals surface area contributed by atoms with Crippen LogP contribution in [0.5, 0.6) is 5.75 Å². The molecule has 0 atom stereocenters. The number of rotatable bonds is 3. The normalized spacial score (nSPS) is 8.80. The Kier molecular flexibility index (Phi) is 8.01. The highest BCUT2D eigenvalue weighted by Crippen LogP contribution is 2.14. The highest BCUT2D eigenvalue weighted by molar-refractivity contribution is 9.10. The van der Waals surface area contributed by atoms with Crippen molar-refractivity contribution in [3.05, 3.63) is 28.7 Å². The van der Waals surface area contributed by atoms with Gasteiger partial charge in [-0.25, -0.2) is 0 Å². The molecule has 0 aliphatic rings. The number of carbonyl (C=O) groups is 1. The molecule has 0 saturated carbocycles. The van der Waals surface area contributed by atoms with Gasteiger partial charge in [-0.15, -0.1) is 0 Å².